The van der Waals surface area contributed by atoms with Crippen LogP contribution in [-0.4, -0.2) is 32.2 Å². The molecule has 2 N–H and O–H groups in total. The molecule has 2 atom stereocenters. The van der Waals surface area contributed by atoms with Crippen molar-refractivity contribution < 1.29 is 9.53 Å². The Morgan fingerprint density at radius 3 is 2.37 bits per heavy atom. The highest BCUT2D eigenvalue weighted by atomic mass is 32.1. The molecule has 3 aromatic heterocycles. The zero-order valence-corrected chi connectivity index (χ0v) is 22.9. The molecule has 0 unspecified atom stereocenters. The van der Waals surface area contributed by atoms with Crippen molar-refractivity contribution >= 4 is 34.6 Å². The number of anilines is 2. The molecule has 1 fully saturated rings. The van der Waals surface area contributed by atoms with Gasteiger partial charge in [0.25, 0.3) is 5.91 Å². The maximum atomic E-state index is 12.5. The summed E-state index contributed by atoms with van der Waals surface area (Å²) in [5, 5.41) is 7.01. The van der Waals surface area contributed by atoms with E-state index in [2.05, 4.69) is 42.3 Å². The first-order valence-corrected chi connectivity index (χ1v) is 13.7. The molecule has 8 nitrogen and oxygen atoms in total. The minimum atomic E-state index is -0.236. The summed E-state index contributed by atoms with van der Waals surface area (Å²) in [4.78, 5) is 23.8. The number of thiocarbonyl (C=S) groups is 1. The van der Waals surface area contributed by atoms with E-state index < -0.39 is 0 Å². The molecule has 4 heterocycles. The van der Waals surface area contributed by atoms with Crippen molar-refractivity contribution in [2.75, 3.05) is 16.8 Å². The number of carbonyl (C=O) groups is 1. The number of pyridine rings is 2. The number of nitrogens with one attached hydrogen (secondary N) is 2. The standard InChI is InChI=1S/C32H28N6O2S/c39-29(22-40-26-10-2-1-3-11-26)35-23-14-16-25(17-15-23)38-31(30(36-32(38)41)27-12-5-7-19-34-27)28-13-8-20-37(28)21-24-9-4-6-18-33-24/h1-20,30-31H,21-22H2,(H,35,39)(H,36,41)/t30-,31-/m1/s1. The fraction of sp³-hybridized carbons (Fsp3) is 0.125. The molecule has 0 spiro atoms. The van der Waals surface area contributed by atoms with Crippen molar-refractivity contribution in [3.63, 3.8) is 0 Å². The molecule has 6 rings (SSSR count). The smallest absolute Gasteiger partial charge is 0.262 e. The molecule has 41 heavy (non-hydrogen) atoms. The van der Waals surface area contributed by atoms with Gasteiger partial charge in [0.05, 0.1) is 24.0 Å². The third-order valence-electron chi connectivity index (χ3n) is 6.87. The molecule has 0 saturated carbocycles. The summed E-state index contributed by atoms with van der Waals surface area (Å²) in [7, 11) is 0. The quantitative estimate of drug-likeness (QED) is 0.230. The number of benzene rings is 2. The largest absolute Gasteiger partial charge is 0.484 e. The topological polar surface area (TPSA) is 84.3 Å². The van der Waals surface area contributed by atoms with E-state index in [1.165, 1.54) is 0 Å². The minimum Gasteiger partial charge on any atom is -0.484 e. The molecule has 9 heteroatoms. The lowest BCUT2D eigenvalue weighted by molar-refractivity contribution is -0.118. The van der Waals surface area contributed by atoms with Crippen LogP contribution in [-0.2, 0) is 11.3 Å². The fourth-order valence-corrected chi connectivity index (χ4v) is 5.35. The molecular formula is C32H28N6O2S. The first-order valence-electron chi connectivity index (χ1n) is 13.3. The van der Waals surface area contributed by atoms with Crippen LogP contribution in [0.15, 0.2) is 122 Å². The third-order valence-corrected chi connectivity index (χ3v) is 7.18. The second-order valence-electron chi connectivity index (χ2n) is 9.58. The average Bonchev–Trinajstić information content (AvgIpc) is 3.61. The van der Waals surface area contributed by atoms with E-state index in [0.29, 0.717) is 23.1 Å². The molecule has 204 valence electrons. The Balaban J connectivity index is 1.25. The highest BCUT2D eigenvalue weighted by Crippen LogP contribution is 2.42. The van der Waals surface area contributed by atoms with Crippen LogP contribution in [0.25, 0.3) is 0 Å². The van der Waals surface area contributed by atoms with Gasteiger partial charge >= 0.3 is 0 Å². The Bertz CT molecular complexity index is 1610. The normalized spacial score (nSPS) is 16.3. The lowest BCUT2D eigenvalue weighted by Crippen LogP contribution is -2.30. The van der Waals surface area contributed by atoms with Crippen LogP contribution in [0.4, 0.5) is 11.4 Å². The maximum Gasteiger partial charge on any atom is 0.262 e. The Labute approximate surface area is 243 Å². The van der Waals surface area contributed by atoms with Crippen molar-refractivity contribution in [2.45, 2.75) is 18.6 Å². The van der Waals surface area contributed by atoms with Crippen molar-refractivity contribution in [1.82, 2.24) is 19.9 Å². The first-order chi connectivity index (χ1) is 20.2. The molecule has 0 aliphatic carbocycles. The summed E-state index contributed by atoms with van der Waals surface area (Å²) in [6.07, 6.45) is 5.67. The highest BCUT2D eigenvalue weighted by Gasteiger charge is 2.42. The number of ether oxygens (including phenoxy) is 1. The summed E-state index contributed by atoms with van der Waals surface area (Å²) >= 11 is 5.89. The number of amides is 1. The third kappa shape index (κ3) is 5.95. The van der Waals surface area contributed by atoms with Gasteiger partial charge in [0, 0.05) is 35.7 Å². The first kappa shape index (κ1) is 26.2. The Morgan fingerprint density at radius 2 is 1.63 bits per heavy atom. The molecule has 1 saturated heterocycles. The zero-order valence-electron chi connectivity index (χ0n) is 22.1. The van der Waals surface area contributed by atoms with E-state index in [1.54, 1.807) is 6.20 Å². The van der Waals surface area contributed by atoms with E-state index in [9.17, 15) is 4.79 Å². The molecule has 0 bridgehead atoms. The van der Waals surface area contributed by atoms with Crippen LogP contribution >= 0.6 is 12.2 Å². The molecule has 1 aliphatic heterocycles. The predicted octanol–water partition coefficient (Wildman–Crippen LogP) is 5.52. The van der Waals surface area contributed by atoms with Gasteiger partial charge in [-0.25, -0.2) is 0 Å². The van der Waals surface area contributed by atoms with Crippen molar-refractivity contribution in [3.05, 3.63) is 139 Å². The van der Waals surface area contributed by atoms with Gasteiger partial charge in [0.2, 0.25) is 0 Å². The number of aromatic nitrogens is 3. The lowest BCUT2D eigenvalue weighted by atomic mass is 10.0. The predicted molar refractivity (Wildman–Crippen MR) is 163 cm³/mol. The molecule has 1 aliphatic rings. The van der Waals surface area contributed by atoms with Crippen LogP contribution < -0.4 is 20.3 Å². The van der Waals surface area contributed by atoms with E-state index in [1.807, 2.05) is 103 Å². The van der Waals surface area contributed by atoms with Crippen LogP contribution in [0.1, 0.15) is 29.2 Å². The average molecular weight is 561 g/mol. The molecular weight excluding hydrogens is 532 g/mol. The van der Waals surface area contributed by atoms with Crippen LogP contribution in [0.5, 0.6) is 5.75 Å². The Hall–Kier alpha value is -5.02. The number of carbonyl (C=O) groups excluding carboxylic acids is 1. The second-order valence-corrected chi connectivity index (χ2v) is 9.96. The Morgan fingerprint density at radius 1 is 0.878 bits per heavy atom. The van der Waals surface area contributed by atoms with Crippen LogP contribution in [0.2, 0.25) is 0 Å². The number of nitrogens with zero attached hydrogens (tertiary/aromatic N) is 4. The SMILES string of the molecule is O=C(COc1ccccc1)Nc1ccc(N2C(=S)N[C@H](c3ccccn3)[C@H]2c2cccn2Cc2ccccn2)cc1. The Kier molecular flexibility index (Phi) is 7.68. The zero-order chi connectivity index (χ0) is 28.0. The summed E-state index contributed by atoms with van der Waals surface area (Å²) in [6, 6.07) is 32.6. The van der Waals surface area contributed by atoms with Gasteiger partial charge in [0.1, 0.15) is 11.8 Å². The van der Waals surface area contributed by atoms with Crippen molar-refractivity contribution in [3.8, 4) is 5.75 Å². The van der Waals surface area contributed by atoms with E-state index >= 15 is 0 Å². The second kappa shape index (κ2) is 12.0. The highest BCUT2D eigenvalue weighted by molar-refractivity contribution is 7.80. The molecule has 2 aromatic carbocycles. The van der Waals surface area contributed by atoms with Gasteiger partial charge in [-0.05, 0) is 85.0 Å². The van der Waals surface area contributed by atoms with Gasteiger partial charge < -0.3 is 24.8 Å². The summed E-state index contributed by atoms with van der Waals surface area (Å²) in [5.74, 6) is 0.412. The molecule has 1 amide bonds. The van der Waals surface area contributed by atoms with Crippen molar-refractivity contribution in [2.24, 2.45) is 0 Å². The lowest BCUT2D eigenvalue weighted by Gasteiger charge is -2.29. The number of rotatable bonds is 9. The molecule has 0 radical (unpaired) electrons. The van der Waals surface area contributed by atoms with Crippen LogP contribution in [0, 0.1) is 0 Å². The van der Waals surface area contributed by atoms with Gasteiger partial charge in [0.15, 0.2) is 11.7 Å². The molecule has 5 aromatic rings. The number of hydrogen-bond donors (Lipinski definition) is 2. The van der Waals surface area contributed by atoms with E-state index in [0.717, 1.165) is 22.8 Å². The fourth-order valence-electron chi connectivity index (χ4n) is 5.01. The van der Waals surface area contributed by atoms with Gasteiger partial charge in [-0.3, -0.25) is 14.8 Å². The van der Waals surface area contributed by atoms with Gasteiger partial charge in [-0.2, -0.15) is 0 Å². The summed E-state index contributed by atoms with van der Waals surface area (Å²) < 4.78 is 7.77. The van der Waals surface area contributed by atoms with Crippen LogP contribution in [0.3, 0.4) is 0 Å². The summed E-state index contributed by atoms with van der Waals surface area (Å²) in [5.41, 5.74) is 4.51. The van der Waals surface area contributed by atoms with Crippen molar-refractivity contribution in [1.29, 1.82) is 0 Å². The number of para-hydroxylation sites is 1. The van der Waals surface area contributed by atoms with E-state index in [4.69, 9.17) is 17.0 Å². The van der Waals surface area contributed by atoms with E-state index in [-0.39, 0.29) is 24.6 Å². The minimum absolute atomic E-state index is 0.0764. The summed E-state index contributed by atoms with van der Waals surface area (Å²) in [6.45, 7) is 0.554. The number of hydrogen-bond acceptors (Lipinski definition) is 5. The maximum absolute atomic E-state index is 12.5. The monoisotopic (exact) mass is 560 g/mol. The van der Waals surface area contributed by atoms with Gasteiger partial charge in [-0.15, -0.1) is 0 Å². The van der Waals surface area contributed by atoms with Gasteiger partial charge in [-0.1, -0.05) is 30.3 Å².